The number of hydrogen-bond acceptors (Lipinski definition) is 7. The smallest absolute Gasteiger partial charge is 0.261 e. The van der Waals surface area contributed by atoms with E-state index in [1.165, 1.54) is 0 Å². The van der Waals surface area contributed by atoms with Crippen LogP contribution in [0.15, 0.2) is 36.4 Å². The van der Waals surface area contributed by atoms with Gasteiger partial charge < -0.3 is 29.2 Å². The van der Waals surface area contributed by atoms with Crippen LogP contribution in [0.1, 0.15) is 41.6 Å². The van der Waals surface area contributed by atoms with Crippen LogP contribution >= 0.6 is 0 Å². The summed E-state index contributed by atoms with van der Waals surface area (Å²) in [5, 5.41) is 3.16. The lowest BCUT2D eigenvalue weighted by Crippen LogP contribution is -2.57. The lowest BCUT2D eigenvalue weighted by molar-refractivity contribution is -0.129. The van der Waals surface area contributed by atoms with Gasteiger partial charge in [-0.2, -0.15) is 0 Å². The van der Waals surface area contributed by atoms with Crippen LogP contribution in [0.2, 0.25) is 0 Å². The summed E-state index contributed by atoms with van der Waals surface area (Å²) < 4.78 is 21.7. The van der Waals surface area contributed by atoms with Crippen LogP contribution in [0.5, 0.6) is 23.0 Å². The third-order valence-corrected chi connectivity index (χ3v) is 7.66. The molecule has 198 valence electrons. The third-order valence-electron chi connectivity index (χ3n) is 7.66. The Kier molecular flexibility index (Phi) is 7.69. The average molecular weight is 510 g/mol. The molecule has 2 aromatic rings. The zero-order valence-electron chi connectivity index (χ0n) is 21.5. The Morgan fingerprint density at radius 2 is 1.65 bits per heavy atom. The summed E-state index contributed by atoms with van der Waals surface area (Å²) in [6.45, 7) is 3.03. The van der Waals surface area contributed by atoms with E-state index in [4.69, 9.17) is 18.9 Å². The second-order valence-corrected chi connectivity index (χ2v) is 9.76. The van der Waals surface area contributed by atoms with Crippen molar-refractivity contribution in [2.45, 2.75) is 38.3 Å². The first-order chi connectivity index (χ1) is 18.1. The molecular weight excluding hydrogens is 474 g/mol. The molecule has 1 aliphatic carbocycles. The highest BCUT2D eigenvalue weighted by Crippen LogP contribution is 2.34. The molecule has 37 heavy (non-hydrogen) atoms. The highest BCUT2D eigenvalue weighted by atomic mass is 16.7. The summed E-state index contributed by atoms with van der Waals surface area (Å²) in [5.74, 6) is 2.71. The number of nitrogens with zero attached hydrogens (tertiary/aromatic N) is 2. The fourth-order valence-electron chi connectivity index (χ4n) is 5.72. The minimum Gasteiger partial charge on any atom is -0.496 e. The fourth-order valence-corrected chi connectivity index (χ4v) is 5.72. The molecule has 5 rings (SSSR count). The molecule has 2 amide bonds. The predicted octanol–water partition coefficient (Wildman–Crippen LogP) is 3.07. The zero-order chi connectivity index (χ0) is 25.8. The van der Waals surface area contributed by atoms with Crippen LogP contribution in [-0.2, 0) is 11.3 Å². The van der Waals surface area contributed by atoms with Gasteiger partial charge in [0, 0.05) is 32.7 Å². The molecule has 0 spiro atoms. The molecule has 1 N–H and O–H groups in total. The van der Waals surface area contributed by atoms with Crippen molar-refractivity contribution in [2.24, 2.45) is 5.92 Å². The first kappa shape index (κ1) is 25.2. The Labute approximate surface area is 217 Å². The number of amides is 2. The average Bonchev–Trinajstić information content (AvgIpc) is 3.64. The molecule has 2 heterocycles. The summed E-state index contributed by atoms with van der Waals surface area (Å²) in [6, 6.07) is 10.9. The maximum absolute atomic E-state index is 13.5. The van der Waals surface area contributed by atoms with Crippen molar-refractivity contribution >= 4 is 11.8 Å². The number of ether oxygens (including phenoxy) is 4. The van der Waals surface area contributed by atoms with E-state index >= 15 is 0 Å². The number of carbonyl (C=O) groups excluding carboxylic acids is 2. The fraction of sp³-hybridized carbons (Fsp3) is 0.500. The van der Waals surface area contributed by atoms with E-state index in [2.05, 4.69) is 10.2 Å². The first-order valence-electron chi connectivity index (χ1n) is 13.0. The van der Waals surface area contributed by atoms with Gasteiger partial charge in [0.15, 0.2) is 11.5 Å². The molecular formula is C28H35N3O6. The monoisotopic (exact) mass is 509 g/mol. The topological polar surface area (TPSA) is 89.6 Å². The molecule has 1 saturated carbocycles. The molecule has 1 atom stereocenters. The minimum atomic E-state index is -0.199. The Bertz CT molecular complexity index is 1100. The van der Waals surface area contributed by atoms with Gasteiger partial charge in [-0.15, -0.1) is 0 Å². The molecule has 9 nitrogen and oxygen atoms in total. The molecule has 1 unspecified atom stereocenters. The maximum atomic E-state index is 13.5. The van der Waals surface area contributed by atoms with Crippen molar-refractivity contribution in [1.29, 1.82) is 0 Å². The van der Waals surface area contributed by atoms with Crippen LogP contribution in [0.3, 0.4) is 0 Å². The van der Waals surface area contributed by atoms with Crippen LogP contribution < -0.4 is 24.3 Å². The third kappa shape index (κ3) is 5.32. The largest absolute Gasteiger partial charge is 0.496 e. The predicted molar refractivity (Wildman–Crippen MR) is 137 cm³/mol. The van der Waals surface area contributed by atoms with Gasteiger partial charge in [0.1, 0.15) is 17.1 Å². The van der Waals surface area contributed by atoms with Crippen LogP contribution in [-0.4, -0.2) is 74.8 Å². The first-order valence-corrected chi connectivity index (χ1v) is 13.0. The van der Waals surface area contributed by atoms with E-state index in [9.17, 15) is 9.59 Å². The van der Waals surface area contributed by atoms with E-state index in [0.29, 0.717) is 61.5 Å². The molecule has 2 fully saturated rings. The van der Waals surface area contributed by atoms with E-state index in [-0.39, 0.29) is 24.6 Å². The summed E-state index contributed by atoms with van der Waals surface area (Å²) in [7, 11) is 3.11. The molecule has 2 aromatic carbocycles. The quantitative estimate of drug-likeness (QED) is 0.585. The molecule has 0 bridgehead atoms. The summed E-state index contributed by atoms with van der Waals surface area (Å²) in [4.78, 5) is 31.0. The van der Waals surface area contributed by atoms with Crippen molar-refractivity contribution in [3.63, 3.8) is 0 Å². The van der Waals surface area contributed by atoms with E-state index in [1.54, 1.807) is 32.4 Å². The Balaban J connectivity index is 1.24. The van der Waals surface area contributed by atoms with Gasteiger partial charge in [0.2, 0.25) is 12.7 Å². The standard InChI is InChI=1S/C28H35N3O6/c1-34-22-8-5-9-23(35-2)25(22)28(33)31-14-12-30(13-15-31)26(20-6-3-4-7-20)27(32)29-17-19-10-11-21-24(16-19)37-18-36-21/h5,8-11,16,20,26H,3-4,6-7,12-15,17-18H2,1-2H3,(H,29,32). The van der Waals surface area contributed by atoms with Crippen molar-refractivity contribution < 1.29 is 28.5 Å². The second-order valence-electron chi connectivity index (χ2n) is 9.76. The number of piperazine rings is 1. The van der Waals surface area contributed by atoms with Crippen LogP contribution in [0.4, 0.5) is 0 Å². The van der Waals surface area contributed by atoms with Crippen molar-refractivity contribution in [3.05, 3.63) is 47.5 Å². The van der Waals surface area contributed by atoms with E-state index in [1.807, 2.05) is 23.1 Å². The Morgan fingerprint density at radius 1 is 0.973 bits per heavy atom. The lowest BCUT2D eigenvalue weighted by atomic mass is 9.94. The number of hydrogen-bond donors (Lipinski definition) is 1. The highest BCUT2D eigenvalue weighted by molar-refractivity contribution is 5.99. The van der Waals surface area contributed by atoms with Crippen LogP contribution in [0.25, 0.3) is 0 Å². The minimum absolute atomic E-state index is 0.0516. The summed E-state index contributed by atoms with van der Waals surface area (Å²) in [6.07, 6.45) is 4.42. The van der Waals surface area contributed by atoms with Gasteiger partial charge in [-0.1, -0.05) is 25.0 Å². The number of nitrogens with one attached hydrogen (secondary N) is 1. The lowest BCUT2D eigenvalue weighted by Gasteiger charge is -2.41. The summed E-state index contributed by atoms with van der Waals surface area (Å²) in [5.41, 5.74) is 1.42. The number of methoxy groups -OCH3 is 2. The number of carbonyl (C=O) groups is 2. The van der Waals surface area contributed by atoms with E-state index < -0.39 is 0 Å². The SMILES string of the molecule is COc1cccc(OC)c1C(=O)N1CCN(C(C(=O)NCc2ccc3c(c2)OCO3)C2CCCC2)CC1. The number of fused-ring (bicyclic) bond motifs is 1. The molecule has 3 aliphatic rings. The number of benzene rings is 2. The van der Waals surface area contributed by atoms with Gasteiger partial charge in [-0.05, 0) is 48.6 Å². The van der Waals surface area contributed by atoms with Gasteiger partial charge in [-0.3, -0.25) is 14.5 Å². The van der Waals surface area contributed by atoms with Gasteiger partial charge >= 0.3 is 0 Å². The van der Waals surface area contributed by atoms with Crippen LogP contribution in [0, 0.1) is 5.92 Å². The molecule has 0 aromatic heterocycles. The molecule has 1 saturated heterocycles. The van der Waals surface area contributed by atoms with Crippen molar-refractivity contribution in [1.82, 2.24) is 15.1 Å². The Hall–Kier alpha value is -3.46. The molecule has 2 aliphatic heterocycles. The zero-order valence-corrected chi connectivity index (χ0v) is 21.5. The summed E-state index contributed by atoms with van der Waals surface area (Å²) >= 11 is 0. The molecule has 0 radical (unpaired) electrons. The Morgan fingerprint density at radius 3 is 2.32 bits per heavy atom. The van der Waals surface area contributed by atoms with Gasteiger partial charge in [0.05, 0.1) is 20.3 Å². The van der Waals surface area contributed by atoms with Gasteiger partial charge in [-0.25, -0.2) is 0 Å². The van der Waals surface area contributed by atoms with E-state index in [0.717, 1.165) is 37.0 Å². The second kappa shape index (κ2) is 11.3. The number of rotatable bonds is 8. The highest BCUT2D eigenvalue weighted by Gasteiger charge is 2.38. The van der Waals surface area contributed by atoms with Crippen molar-refractivity contribution in [3.8, 4) is 23.0 Å². The van der Waals surface area contributed by atoms with Gasteiger partial charge in [0.25, 0.3) is 5.91 Å². The maximum Gasteiger partial charge on any atom is 0.261 e. The normalized spacial score (nSPS) is 18.5. The molecule has 9 heteroatoms. The van der Waals surface area contributed by atoms with Crippen molar-refractivity contribution in [2.75, 3.05) is 47.2 Å².